The van der Waals surface area contributed by atoms with Crippen LogP contribution in [0.15, 0.2) is 10.9 Å². The summed E-state index contributed by atoms with van der Waals surface area (Å²) in [5.41, 5.74) is 0.932. The molecular weight excluding hydrogens is 142 g/mol. The van der Waals surface area contributed by atoms with Crippen molar-refractivity contribution in [3.63, 3.8) is 0 Å². The van der Waals surface area contributed by atoms with Gasteiger partial charge in [0.1, 0.15) is 0 Å². The molecule has 0 bridgehead atoms. The molecule has 1 fully saturated rings. The van der Waals surface area contributed by atoms with Crippen molar-refractivity contribution in [2.75, 3.05) is 6.54 Å². The van der Waals surface area contributed by atoms with Crippen molar-refractivity contribution < 1.29 is 0 Å². The molecule has 3 N–H and O–H groups in total. The lowest BCUT2D eigenvalue weighted by Crippen LogP contribution is -2.13. The van der Waals surface area contributed by atoms with Gasteiger partial charge in [-0.1, -0.05) is 0 Å². The molecule has 1 unspecified atom stereocenters. The maximum absolute atomic E-state index is 10.7. The second kappa shape index (κ2) is 2.54. The molecule has 1 aliphatic heterocycles. The average molecular weight is 153 g/mol. The van der Waals surface area contributed by atoms with Crippen molar-refractivity contribution in [3.05, 3.63) is 22.1 Å². The number of aromatic nitrogens is 2. The Kier molecular flexibility index (Phi) is 1.54. The first kappa shape index (κ1) is 6.67. The van der Waals surface area contributed by atoms with Crippen LogP contribution in [0.1, 0.15) is 24.6 Å². The van der Waals surface area contributed by atoms with E-state index in [4.69, 9.17) is 0 Å². The summed E-state index contributed by atoms with van der Waals surface area (Å²) in [4.78, 5) is 10.7. The molecule has 0 amide bonds. The molecule has 0 spiro atoms. The summed E-state index contributed by atoms with van der Waals surface area (Å²) in [5, 5.41) is 8.67. The molecule has 0 saturated carbocycles. The van der Waals surface area contributed by atoms with E-state index in [-0.39, 0.29) is 5.56 Å². The normalized spacial score (nSPS) is 24.2. The van der Waals surface area contributed by atoms with Crippen LogP contribution in [-0.4, -0.2) is 16.7 Å². The van der Waals surface area contributed by atoms with Crippen LogP contribution in [-0.2, 0) is 0 Å². The van der Waals surface area contributed by atoms with Crippen LogP contribution < -0.4 is 10.9 Å². The zero-order valence-electron chi connectivity index (χ0n) is 6.18. The first-order valence-corrected chi connectivity index (χ1v) is 3.87. The lowest BCUT2D eigenvalue weighted by molar-refractivity contribution is 0.625. The topological polar surface area (TPSA) is 60.7 Å². The van der Waals surface area contributed by atoms with Gasteiger partial charge in [-0.15, -0.1) is 0 Å². The van der Waals surface area contributed by atoms with Gasteiger partial charge in [0.2, 0.25) is 0 Å². The minimum absolute atomic E-state index is 0.0475. The first-order valence-electron chi connectivity index (χ1n) is 3.87. The van der Waals surface area contributed by atoms with Gasteiger partial charge in [-0.3, -0.25) is 9.89 Å². The average Bonchev–Trinajstić information content (AvgIpc) is 2.55. The summed E-state index contributed by atoms with van der Waals surface area (Å²) in [6.45, 7) is 1.05. The van der Waals surface area contributed by atoms with Crippen LogP contribution in [0.25, 0.3) is 0 Å². The number of hydrogen-bond donors (Lipinski definition) is 3. The summed E-state index contributed by atoms with van der Waals surface area (Å²) >= 11 is 0. The van der Waals surface area contributed by atoms with E-state index in [1.165, 1.54) is 6.42 Å². The Hall–Kier alpha value is -1.03. The van der Waals surface area contributed by atoms with E-state index >= 15 is 0 Å². The van der Waals surface area contributed by atoms with Gasteiger partial charge in [0.25, 0.3) is 5.56 Å². The van der Waals surface area contributed by atoms with Gasteiger partial charge in [0.05, 0.1) is 5.69 Å². The van der Waals surface area contributed by atoms with Gasteiger partial charge in [-0.2, -0.15) is 0 Å². The smallest absolute Gasteiger partial charge is 0.264 e. The first-order chi connectivity index (χ1) is 5.36. The molecule has 0 aromatic carbocycles. The Bertz CT molecular complexity index is 282. The second-order valence-electron chi connectivity index (χ2n) is 2.86. The van der Waals surface area contributed by atoms with E-state index in [0.717, 1.165) is 18.7 Å². The number of nitrogens with one attached hydrogen (secondary N) is 3. The van der Waals surface area contributed by atoms with Crippen molar-refractivity contribution in [2.24, 2.45) is 0 Å². The van der Waals surface area contributed by atoms with E-state index in [9.17, 15) is 4.79 Å². The van der Waals surface area contributed by atoms with E-state index < -0.39 is 0 Å². The fraction of sp³-hybridized carbons (Fsp3) is 0.571. The quantitative estimate of drug-likeness (QED) is 0.537. The lowest BCUT2D eigenvalue weighted by atomic mass is 10.2. The highest BCUT2D eigenvalue weighted by atomic mass is 16.1. The highest BCUT2D eigenvalue weighted by Gasteiger charge is 2.17. The Morgan fingerprint density at radius 2 is 2.36 bits per heavy atom. The van der Waals surface area contributed by atoms with Gasteiger partial charge < -0.3 is 10.4 Å². The van der Waals surface area contributed by atoms with Gasteiger partial charge >= 0.3 is 0 Å². The minimum Gasteiger partial charge on any atom is -0.309 e. The SMILES string of the molecule is O=c1cc(C2CCCN2)[nH][nH]1. The highest BCUT2D eigenvalue weighted by Crippen LogP contribution is 2.19. The van der Waals surface area contributed by atoms with Crippen molar-refractivity contribution in [2.45, 2.75) is 18.9 Å². The molecule has 11 heavy (non-hydrogen) atoms. The summed E-state index contributed by atoms with van der Waals surface area (Å²) in [5.74, 6) is 0. The van der Waals surface area contributed by atoms with Crippen molar-refractivity contribution in [1.82, 2.24) is 15.5 Å². The zero-order valence-corrected chi connectivity index (χ0v) is 6.18. The number of rotatable bonds is 1. The third kappa shape index (κ3) is 1.21. The van der Waals surface area contributed by atoms with Crippen LogP contribution in [0.5, 0.6) is 0 Å². The van der Waals surface area contributed by atoms with E-state index in [2.05, 4.69) is 15.5 Å². The largest absolute Gasteiger partial charge is 0.309 e. The molecule has 60 valence electrons. The molecule has 1 saturated heterocycles. The number of aromatic amines is 2. The molecule has 1 atom stereocenters. The molecule has 1 aliphatic rings. The third-order valence-corrected chi connectivity index (χ3v) is 2.05. The van der Waals surface area contributed by atoms with E-state index in [1.54, 1.807) is 6.07 Å². The van der Waals surface area contributed by atoms with Gasteiger partial charge in [-0.05, 0) is 19.4 Å². The molecule has 0 aliphatic carbocycles. The molecule has 1 aromatic rings. The van der Waals surface area contributed by atoms with E-state index in [1.807, 2.05) is 0 Å². The van der Waals surface area contributed by atoms with Gasteiger partial charge in [0, 0.05) is 12.1 Å². The molecule has 0 radical (unpaired) electrons. The molecular formula is C7H11N3O. The lowest BCUT2D eigenvalue weighted by Gasteiger charge is -2.04. The van der Waals surface area contributed by atoms with Crippen LogP contribution in [0.4, 0.5) is 0 Å². The predicted octanol–water partition coefficient (Wildman–Crippen LogP) is 0.127. The fourth-order valence-corrected chi connectivity index (χ4v) is 1.48. The Morgan fingerprint density at radius 1 is 1.45 bits per heavy atom. The van der Waals surface area contributed by atoms with E-state index in [0.29, 0.717) is 6.04 Å². The summed E-state index contributed by atoms with van der Waals surface area (Å²) in [6, 6.07) is 1.97. The maximum atomic E-state index is 10.7. The van der Waals surface area contributed by atoms with Crippen LogP contribution >= 0.6 is 0 Å². The van der Waals surface area contributed by atoms with Crippen LogP contribution in [0.2, 0.25) is 0 Å². The molecule has 4 heteroatoms. The van der Waals surface area contributed by atoms with Gasteiger partial charge in [0.15, 0.2) is 0 Å². The van der Waals surface area contributed by atoms with Crippen molar-refractivity contribution >= 4 is 0 Å². The standard InChI is InChI=1S/C7H11N3O/c11-7-4-6(9-10-7)5-2-1-3-8-5/h4-5,8H,1-3H2,(H2,9,10,11). The Morgan fingerprint density at radius 3 is 2.91 bits per heavy atom. The summed E-state index contributed by atoms with van der Waals surface area (Å²) in [7, 11) is 0. The van der Waals surface area contributed by atoms with Crippen LogP contribution in [0, 0.1) is 0 Å². The minimum atomic E-state index is -0.0475. The zero-order chi connectivity index (χ0) is 7.68. The summed E-state index contributed by atoms with van der Waals surface area (Å²) in [6.07, 6.45) is 2.31. The molecule has 1 aromatic heterocycles. The van der Waals surface area contributed by atoms with Crippen molar-refractivity contribution in [1.29, 1.82) is 0 Å². The Labute approximate surface area is 64.0 Å². The monoisotopic (exact) mass is 153 g/mol. The fourth-order valence-electron chi connectivity index (χ4n) is 1.48. The summed E-state index contributed by atoms with van der Waals surface area (Å²) < 4.78 is 0. The number of H-pyrrole nitrogens is 2. The van der Waals surface area contributed by atoms with Gasteiger partial charge in [-0.25, -0.2) is 0 Å². The highest BCUT2D eigenvalue weighted by molar-refractivity contribution is 5.06. The molecule has 2 heterocycles. The molecule has 4 nitrogen and oxygen atoms in total. The second-order valence-corrected chi connectivity index (χ2v) is 2.86. The maximum Gasteiger partial charge on any atom is 0.264 e. The van der Waals surface area contributed by atoms with Crippen LogP contribution in [0.3, 0.4) is 0 Å². The number of hydrogen-bond acceptors (Lipinski definition) is 2. The third-order valence-electron chi connectivity index (χ3n) is 2.05. The molecule has 2 rings (SSSR count). The predicted molar refractivity (Wildman–Crippen MR) is 41.4 cm³/mol. The Balaban J connectivity index is 2.21. The van der Waals surface area contributed by atoms with Crippen molar-refractivity contribution in [3.8, 4) is 0 Å².